The van der Waals surface area contributed by atoms with E-state index in [0.29, 0.717) is 0 Å². The normalized spacial score (nSPS) is 9.21. The minimum atomic E-state index is -0.932. The molecule has 6 nitrogen and oxygen atoms in total. The van der Waals surface area contributed by atoms with Crippen LogP contribution in [0.4, 0.5) is 5.82 Å². The molecule has 14 heavy (non-hydrogen) atoms. The number of hydrogen-bond acceptors (Lipinski definition) is 5. The minimum Gasteiger partial charge on any atom is -0.459 e. The summed E-state index contributed by atoms with van der Waals surface area (Å²) in [7, 11) is 0. The van der Waals surface area contributed by atoms with Crippen molar-refractivity contribution in [1.29, 1.82) is 0 Å². The van der Waals surface area contributed by atoms with Gasteiger partial charge in [0.25, 0.3) is 0 Å². The molecule has 1 heterocycles. The SMILES string of the molecule is CCOC(=O)C(=O)Nc1cccnn1. The summed E-state index contributed by atoms with van der Waals surface area (Å²) >= 11 is 0. The lowest BCUT2D eigenvalue weighted by atomic mass is 10.5. The third-order valence-corrected chi connectivity index (χ3v) is 1.27. The van der Waals surface area contributed by atoms with Crippen LogP contribution in [0.3, 0.4) is 0 Å². The standard InChI is InChI=1S/C8H9N3O3/c1-2-14-8(13)7(12)10-6-4-3-5-9-11-6/h3-5H,2H2,1H3,(H,10,11,12). The molecule has 1 N–H and O–H groups in total. The third kappa shape index (κ3) is 2.81. The van der Waals surface area contributed by atoms with Crippen LogP contribution in [0, 0.1) is 0 Å². The second kappa shape index (κ2) is 4.90. The number of aromatic nitrogens is 2. The van der Waals surface area contributed by atoms with E-state index in [1.54, 1.807) is 13.0 Å². The topological polar surface area (TPSA) is 81.2 Å². The molecule has 6 heteroatoms. The van der Waals surface area contributed by atoms with E-state index >= 15 is 0 Å². The Labute approximate surface area is 80.3 Å². The van der Waals surface area contributed by atoms with Crippen molar-refractivity contribution < 1.29 is 14.3 Å². The molecule has 1 amide bonds. The van der Waals surface area contributed by atoms with Crippen LogP contribution in [-0.2, 0) is 14.3 Å². The lowest BCUT2D eigenvalue weighted by molar-refractivity contribution is -0.152. The van der Waals surface area contributed by atoms with Crippen molar-refractivity contribution in [1.82, 2.24) is 10.2 Å². The molecule has 0 aliphatic heterocycles. The van der Waals surface area contributed by atoms with Gasteiger partial charge in [0.1, 0.15) is 0 Å². The van der Waals surface area contributed by atoms with Gasteiger partial charge >= 0.3 is 11.9 Å². The van der Waals surface area contributed by atoms with E-state index in [4.69, 9.17) is 0 Å². The summed E-state index contributed by atoms with van der Waals surface area (Å²) in [4.78, 5) is 21.9. The second-order valence-electron chi connectivity index (χ2n) is 2.28. The van der Waals surface area contributed by atoms with Crippen molar-refractivity contribution in [2.45, 2.75) is 6.92 Å². The Morgan fingerprint density at radius 3 is 2.93 bits per heavy atom. The Morgan fingerprint density at radius 2 is 2.36 bits per heavy atom. The average Bonchev–Trinajstić information content (AvgIpc) is 2.19. The van der Waals surface area contributed by atoms with E-state index in [-0.39, 0.29) is 12.4 Å². The summed E-state index contributed by atoms with van der Waals surface area (Å²) in [6.45, 7) is 1.78. The Balaban J connectivity index is 2.53. The van der Waals surface area contributed by atoms with Crippen LogP contribution in [0.1, 0.15) is 6.92 Å². The van der Waals surface area contributed by atoms with Gasteiger partial charge in [0.15, 0.2) is 5.82 Å². The third-order valence-electron chi connectivity index (χ3n) is 1.27. The molecule has 0 fully saturated rings. The summed E-state index contributed by atoms with van der Waals surface area (Å²) < 4.78 is 4.48. The lowest BCUT2D eigenvalue weighted by Crippen LogP contribution is -2.25. The highest BCUT2D eigenvalue weighted by atomic mass is 16.5. The van der Waals surface area contributed by atoms with Gasteiger partial charge in [-0.05, 0) is 19.1 Å². The van der Waals surface area contributed by atoms with Crippen LogP contribution >= 0.6 is 0 Å². The van der Waals surface area contributed by atoms with Crippen LogP contribution < -0.4 is 5.32 Å². The lowest BCUT2D eigenvalue weighted by Gasteiger charge is -2.01. The smallest absolute Gasteiger partial charge is 0.397 e. The molecule has 0 radical (unpaired) electrons. The summed E-state index contributed by atoms with van der Waals surface area (Å²) in [5.41, 5.74) is 0. The van der Waals surface area contributed by atoms with Gasteiger partial charge in [-0.2, -0.15) is 5.10 Å². The number of nitrogens with zero attached hydrogens (tertiary/aromatic N) is 2. The van der Waals surface area contributed by atoms with Gasteiger partial charge in [0.05, 0.1) is 6.61 Å². The molecule has 1 aromatic rings. The zero-order valence-electron chi connectivity index (χ0n) is 7.56. The fourth-order valence-electron chi connectivity index (χ4n) is 0.732. The first-order valence-corrected chi connectivity index (χ1v) is 4.00. The summed E-state index contributed by atoms with van der Waals surface area (Å²) in [6.07, 6.45) is 1.46. The van der Waals surface area contributed by atoms with Gasteiger partial charge < -0.3 is 4.74 Å². The van der Waals surface area contributed by atoms with E-state index in [0.717, 1.165) is 0 Å². The summed E-state index contributed by atoms with van der Waals surface area (Å²) in [5, 5.41) is 9.34. The number of hydrogen-bond donors (Lipinski definition) is 1. The van der Waals surface area contributed by atoms with Crippen molar-refractivity contribution in [3.8, 4) is 0 Å². The van der Waals surface area contributed by atoms with Gasteiger partial charge in [-0.1, -0.05) is 0 Å². The Bertz CT molecular complexity index is 326. The molecular weight excluding hydrogens is 186 g/mol. The van der Waals surface area contributed by atoms with Crippen molar-refractivity contribution in [2.24, 2.45) is 0 Å². The highest BCUT2D eigenvalue weighted by Gasteiger charge is 2.14. The molecule has 0 saturated carbocycles. The number of carbonyl (C=O) groups is 2. The Hall–Kier alpha value is -1.98. The van der Waals surface area contributed by atoms with Crippen LogP contribution in [0.25, 0.3) is 0 Å². The maximum Gasteiger partial charge on any atom is 0.397 e. The highest BCUT2D eigenvalue weighted by molar-refractivity contribution is 6.37. The van der Waals surface area contributed by atoms with Crippen LogP contribution in [0.5, 0.6) is 0 Å². The first kappa shape index (κ1) is 10.1. The average molecular weight is 195 g/mol. The van der Waals surface area contributed by atoms with Gasteiger partial charge in [0, 0.05) is 6.20 Å². The first-order valence-electron chi connectivity index (χ1n) is 4.00. The largest absolute Gasteiger partial charge is 0.459 e. The molecule has 0 aliphatic carbocycles. The molecule has 0 aliphatic rings. The molecule has 74 valence electrons. The van der Waals surface area contributed by atoms with Gasteiger partial charge in [-0.25, -0.2) is 4.79 Å². The Morgan fingerprint density at radius 1 is 1.57 bits per heavy atom. The molecule has 1 rings (SSSR count). The quantitative estimate of drug-likeness (QED) is 0.529. The van der Waals surface area contributed by atoms with Crippen molar-refractivity contribution in [2.75, 3.05) is 11.9 Å². The van der Waals surface area contributed by atoms with E-state index in [2.05, 4.69) is 20.3 Å². The second-order valence-corrected chi connectivity index (χ2v) is 2.28. The zero-order valence-corrected chi connectivity index (χ0v) is 7.56. The molecular formula is C8H9N3O3. The molecule has 0 saturated heterocycles. The van der Waals surface area contributed by atoms with E-state index in [9.17, 15) is 9.59 Å². The zero-order chi connectivity index (χ0) is 10.4. The molecule has 0 unspecified atom stereocenters. The van der Waals surface area contributed by atoms with Gasteiger partial charge in [0.2, 0.25) is 0 Å². The number of nitrogens with one attached hydrogen (secondary N) is 1. The fraction of sp³-hybridized carbons (Fsp3) is 0.250. The minimum absolute atomic E-state index is 0.159. The van der Waals surface area contributed by atoms with Gasteiger partial charge in [-0.3, -0.25) is 10.1 Å². The highest BCUT2D eigenvalue weighted by Crippen LogP contribution is 1.97. The maximum absolute atomic E-state index is 11.0. The first-order chi connectivity index (χ1) is 6.74. The van der Waals surface area contributed by atoms with E-state index < -0.39 is 11.9 Å². The van der Waals surface area contributed by atoms with Crippen LogP contribution in [0.2, 0.25) is 0 Å². The maximum atomic E-state index is 11.0. The number of carbonyl (C=O) groups excluding carboxylic acids is 2. The molecule has 0 bridgehead atoms. The molecule has 0 atom stereocenters. The molecule has 0 aromatic carbocycles. The number of ether oxygens (including phenoxy) is 1. The van der Waals surface area contributed by atoms with E-state index in [1.807, 2.05) is 0 Å². The Kier molecular flexibility index (Phi) is 3.54. The molecule has 1 aromatic heterocycles. The summed E-state index contributed by atoms with van der Waals surface area (Å²) in [5.74, 6) is -1.57. The predicted octanol–water partition coefficient (Wildman–Crippen LogP) is -0.0218. The van der Waals surface area contributed by atoms with Crippen molar-refractivity contribution in [3.05, 3.63) is 18.3 Å². The number of anilines is 1. The van der Waals surface area contributed by atoms with Gasteiger partial charge in [-0.15, -0.1) is 5.10 Å². The number of amides is 1. The fourth-order valence-corrected chi connectivity index (χ4v) is 0.732. The van der Waals surface area contributed by atoms with Crippen LogP contribution in [-0.4, -0.2) is 28.7 Å². The van der Waals surface area contributed by atoms with E-state index in [1.165, 1.54) is 12.3 Å². The van der Waals surface area contributed by atoms with Crippen LogP contribution in [0.15, 0.2) is 18.3 Å². The predicted molar refractivity (Wildman–Crippen MR) is 47.3 cm³/mol. The van der Waals surface area contributed by atoms with Crippen molar-refractivity contribution >= 4 is 17.7 Å². The monoisotopic (exact) mass is 195 g/mol. The van der Waals surface area contributed by atoms with Crippen molar-refractivity contribution in [3.63, 3.8) is 0 Å². The number of esters is 1. The molecule has 0 spiro atoms. The number of rotatable bonds is 2. The summed E-state index contributed by atoms with van der Waals surface area (Å²) in [6, 6.07) is 3.11.